The van der Waals surface area contributed by atoms with Gasteiger partial charge in [-0.1, -0.05) is 30.4 Å². The summed E-state index contributed by atoms with van der Waals surface area (Å²) in [6.45, 7) is 0.982. The summed E-state index contributed by atoms with van der Waals surface area (Å²) in [6, 6.07) is 8.56. The maximum Gasteiger partial charge on any atom is 0.0361 e. The van der Waals surface area contributed by atoms with Gasteiger partial charge >= 0.3 is 0 Å². The minimum atomic E-state index is 0.982. The highest BCUT2D eigenvalue weighted by Crippen LogP contribution is 2.15. The van der Waals surface area contributed by atoms with E-state index in [1.807, 2.05) is 0 Å². The van der Waals surface area contributed by atoms with Crippen molar-refractivity contribution in [3.05, 3.63) is 59.8 Å². The lowest BCUT2D eigenvalue weighted by atomic mass is 10.1. The Morgan fingerprint density at radius 2 is 1.83 bits per heavy atom. The van der Waals surface area contributed by atoms with Gasteiger partial charge in [0.1, 0.15) is 0 Å². The van der Waals surface area contributed by atoms with Crippen molar-refractivity contribution in [1.29, 1.82) is 0 Å². The first-order chi connectivity index (χ1) is 8.65. The number of nitrogens with zero attached hydrogens (tertiary/aromatic N) is 2. The first-order valence-corrected chi connectivity index (χ1v) is 6.19. The molecule has 0 saturated heterocycles. The highest BCUT2D eigenvalue weighted by molar-refractivity contribution is 5.58. The second-order valence-electron chi connectivity index (χ2n) is 4.78. The van der Waals surface area contributed by atoms with Gasteiger partial charge in [0, 0.05) is 33.4 Å². The van der Waals surface area contributed by atoms with Gasteiger partial charge in [0.2, 0.25) is 0 Å². The number of likely N-dealkylation sites (N-methyl/N-ethyl adjacent to an activating group) is 1. The number of anilines is 1. The van der Waals surface area contributed by atoms with Gasteiger partial charge in [-0.2, -0.15) is 0 Å². The first kappa shape index (κ1) is 12.5. The number of rotatable bonds is 3. The highest BCUT2D eigenvalue weighted by Gasteiger charge is 1.97. The van der Waals surface area contributed by atoms with Crippen molar-refractivity contribution in [2.45, 2.75) is 0 Å². The fourth-order valence-corrected chi connectivity index (χ4v) is 1.79. The van der Waals surface area contributed by atoms with Crippen molar-refractivity contribution in [2.24, 2.45) is 0 Å². The topological polar surface area (TPSA) is 6.48 Å². The fourth-order valence-electron chi connectivity index (χ4n) is 1.79. The summed E-state index contributed by atoms with van der Waals surface area (Å²) in [5.74, 6) is 0. The van der Waals surface area contributed by atoms with Crippen LogP contribution in [0.4, 0.5) is 5.69 Å². The maximum atomic E-state index is 2.23. The molecule has 0 spiro atoms. The molecule has 0 aromatic heterocycles. The van der Waals surface area contributed by atoms with E-state index in [0.29, 0.717) is 0 Å². The third-order valence-electron chi connectivity index (χ3n) is 3.01. The molecule has 0 amide bonds. The van der Waals surface area contributed by atoms with Crippen molar-refractivity contribution in [3.63, 3.8) is 0 Å². The molecule has 1 aliphatic heterocycles. The Kier molecular flexibility index (Phi) is 3.88. The van der Waals surface area contributed by atoms with Crippen LogP contribution in [-0.4, -0.2) is 32.6 Å². The summed E-state index contributed by atoms with van der Waals surface area (Å²) in [4.78, 5) is 4.26. The van der Waals surface area contributed by atoms with Gasteiger partial charge in [-0.15, -0.1) is 0 Å². The highest BCUT2D eigenvalue weighted by atomic mass is 15.1. The zero-order valence-electron chi connectivity index (χ0n) is 11.3. The molecule has 0 N–H and O–H groups in total. The number of benzene rings is 1. The molecule has 2 rings (SSSR count). The van der Waals surface area contributed by atoms with Gasteiger partial charge in [-0.05, 0) is 35.5 Å². The smallest absolute Gasteiger partial charge is 0.0361 e. The maximum absolute atomic E-state index is 2.23. The van der Waals surface area contributed by atoms with Crippen LogP contribution in [0.25, 0.3) is 6.08 Å². The van der Waals surface area contributed by atoms with E-state index in [9.17, 15) is 0 Å². The predicted molar refractivity (Wildman–Crippen MR) is 79.7 cm³/mol. The van der Waals surface area contributed by atoms with Crippen LogP contribution in [0.15, 0.2) is 54.3 Å². The zero-order valence-corrected chi connectivity index (χ0v) is 11.3. The van der Waals surface area contributed by atoms with E-state index >= 15 is 0 Å². The lowest BCUT2D eigenvalue weighted by Gasteiger charge is -2.15. The van der Waals surface area contributed by atoms with Crippen LogP contribution in [0.2, 0.25) is 0 Å². The van der Waals surface area contributed by atoms with Crippen LogP contribution in [0.5, 0.6) is 0 Å². The van der Waals surface area contributed by atoms with E-state index in [4.69, 9.17) is 0 Å². The van der Waals surface area contributed by atoms with Crippen LogP contribution in [0.1, 0.15) is 5.56 Å². The van der Waals surface area contributed by atoms with Gasteiger partial charge in [-0.25, -0.2) is 0 Å². The van der Waals surface area contributed by atoms with Gasteiger partial charge in [-0.3, -0.25) is 0 Å². The van der Waals surface area contributed by atoms with Crippen LogP contribution in [-0.2, 0) is 0 Å². The minimum absolute atomic E-state index is 0.982. The summed E-state index contributed by atoms with van der Waals surface area (Å²) < 4.78 is 0. The molecule has 0 fully saturated rings. The van der Waals surface area contributed by atoms with Crippen molar-refractivity contribution >= 4 is 11.8 Å². The molecule has 0 aliphatic carbocycles. The summed E-state index contributed by atoms with van der Waals surface area (Å²) in [5, 5.41) is 0. The molecular formula is C16H20N2. The Balaban J connectivity index is 2.03. The molecular weight excluding hydrogens is 220 g/mol. The number of hydrogen-bond donors (Lipinski definition) is 0. The normalized spacial score (nSPS) is 15.1. The lowest BCUT2D eigenvalue weighted by Crippen LogP contribution is -2.12. The molecule has 0 bridgehead atoms. The van der Waals surface area contributed by atoms with E-state index in [0.717, 1.165) is 6.54 Å². The molecule has 2 heteroatoms. The Labute approximate surface area is 110 Å². The van der Waals surface area contributed by atoms with Crippen LogP contribution in [0.3, 0.4) is 0 Å². The third kappa shape index (κ3) is 3.27. The minimum Gasteiger partial charge on any atom is -0.378 e. The van der Waals surface area contributed by atoms with Gasteiger partial charge in [0.15, 0.2) is 0 Å². The second kappa shape index (κ2) is 5.58. The molecule has 94 valence electrons. The lowest BCUT2D eigenvalue weighted by molar-refractivity contribution is 0.503. The molecule has 1 heterocycles. The van der Waals surface area contributed by atoms with E-state index in [2.05, 4.69) is 85.7 Å². The predicted octanol–water partition coefficient (Wildman–Crippen LogP) is 3.15. The first-order valence-electron chi connectivity index (χ1n) is 6.19. The Hall–Kier alpha value is -1.96. The van der Waals surface area contributed by atoms with Crippen molar-refractivity contribution in [3.8, 4) is 0 Å². The molecule has 0 atom stereocenters. The second-order valence-corrected chi connectivity index (χ2v) is 4.78. The molecule has 0 radical (unpaired) electrons. The standard InChI is InChI=1S/C16H20N2/c1-17(2)16-8-6-14(7-9-16)4-5-15-10-12-18(3)13-11-15/h4-12H,13H2,1-3H3/b5-4+. The quantitative estimate of drug-likeness (QED) is 0.801. The summed E-state index contributed by atoms with van der Waals surface area (Å²) in [6.07, 6.45) is 10.8. The largest absolute Gasteiger partial charge is 0.378 e. The molecule has 1 aromatic rings. The van der Waals surface area contributed by atoms with E-state index in [-0.39, 0.29) is 0 Å². The van der Waals surface area contributed by atoms with Gasteiger partial charge < -0.3 is 9.80 Å². The molecule has 0 unspecified atom stereocenters. The molecule has 2 nitrogen and oxygen atoms in total. The average Bonchev–Trinajstić information content (AvgIpc) is 2.38. The SMILES string of the molecule is CN1C=CC(/C=C/c2ccc(N(C)C)cc2)=CC1. The van der Waals surface area contributed by atoms with Crippen molar-refractivity contribution in [2.75, 3.05) is 32.6 Å². The van der Waals surface area contributed by atoms with E-state index in [1.54, 1.807) is 0 Å². The number of allylic oxidation sites excluding steroid dienone is 3. The summed E-state index contributed by atoms with van der Waals surface area (Å²) in [5.41, 5.74) is 3.73. The van der Waals surface area contributed by atoms with Crippen molar-refractivity contribution < 1.29 is 0 Å². The van der Waals surface area contributed by atoms with Crippen LogP contribution in [0, 0.1) is 0 Å². The van der Waals surface area contributed by atoms with E-state index in [1.165, 1.54) is 16.8 Å². The number of hydrogen-bond acceptors (Lipinski definition) is 2. The monoisotopic (exact) mass is 240 g/mol. The van der Waals surface area contributed by atoms with E-state index < -0.39 is 0 Å². The molecule has 0 saturated carbocycles. The van der Waals surface area contributed by atoms with Gasteiger partial charge in [0.05, 0.1) is 0 Å². The summed E-state index contributed by atoms with van der Waals surface area (Å²) >= 11 is 0. The zero-order chi connectivity index (χ0) is 13.0. The van der Waals surface area contributed by atoms with Gasteiger partial charge in [0.25, 0.3) is 0 Å². The Morgan fingerprint density at radius 1 is 1.11 bits per heavy atom. The van der Waals surface area contributed by atoms with Crippen LogP contribution >= 0.6 is 0 Å². The Bertz CT molecular complexity index is 478. The summed E-state index contributed by atoms with van der Waals surface area (Å²) in [7, 11) is 6.19. The third-order valence-corrected chi connectivity index (χ3v) is 3.01. The fraction of sp³-hybridized carbons (Fsp3) is 0.250. The van der Waals surface area contributed by atoms with Crippen molar-refractivity contribution in [1.82, 2.24) is 4.90 Å². The Morgan fingerprint density at radius 3 is 2.39 bits per heavy atom. The average molecular weight is 240 g/mol. The molecule has 1 aliphatic rings. The van der Waals surface area contributed by atoms with Crippen LogP contribution < -0.4 is 4.90 Å². The molecule has 1 aromatic carbocycles. The molecule has 18 heavy (non-hydrogen) atoms.